The monoisotopic (exact) mass is 152 g/mol. The van der Waals surface area contributed by atoms with Crippen LogP contribution in [0.3, 0.4) is 0 Å². The molecule has 0 spiro atoms. The molecule has 0 N–H and O–H groups in total. The van der Waals surface area contributed by atoms with Gasteiger partial charge in [-0.25, -0.2) is 9.59 Å². The number of rotatable bonds is 0. The van der Waals surface area contributed by atoms with E-state index in [1.807, 2.05) is 0 Å². The third-order valence-corrected chi connectivity index (χ3v) is 1.49. The summed E-state index contributed by atoms with van der Waals surface area (Å²) in [7, 11) is 0. The molecule has 1 saturated heterocycles. The van der Waals surface area contributed by atoms with Crippen molar-refractivity contribution in [3.05, 3.63) is 23.3 Å². The Morgan fingerprint density at radius 2 is 1.36 bits per heavy atom. The quantitative estimate of drug-likeness (QED) is 0.295. The maximum Gasteiger partial charge on any atom is 0.346 e. The zero-order chi connectivity index (χ0) is 8.43. The molecule has 1 aliphatic rings. The van der Waals surface area contributed by atoms with E-state index >= 15 is 0 Å². The number of cyclic esters (lactones) is 2. The van der Waals surface area contributed by atoms with Crippen LogP contribution in [0, 0.1) is 0 Å². The fourth-order valence-electron chi connectivity index (χ4n) is 0.961. The van der Waals surface area contributed by atoms with Gasteiger partial charge in [-0.2, -0.15) is 0 Å². The van der Waals surface area contributed by atoms with Crippen LogP contribution in [0.4, 0.5) is 0 Å². The Morgan fingerprint density at radius 1 is 1.00 bits per heavy atom. The molecule has 1 aliphatic heterocycles. The zero-order valence-electron chi connectivity index (χ0n) is 6.38. The van der Waals surface area contributed by atoms with Crippen molar-refractivity contribution in [1.29, 1.82) is 0 Å². The molecular formula is C8H8O3. The number of ether oxygens (including phenoxy) is 1. The molecule has 0 saturated carbocycles. The van der Waals surface area contributed by atoms with Crippen LogP contribution in [-0.2, 0) is 14.3 Å². The molecule has 0 bridgehead atoms. The van der Waals surface area contributed by atoms with E-state index in [2.05, 4.69) is 4.74 Å². The molecular weight excluding hydrogens is 144 g/mol. The van der Waals surface area contributed by atoms with Gasteiger partial charge in [-0.15, -0.1) is 0 Å². The molecule has 1 rings (SSSR count). The van der Waals surface area contributed by atoms with Gasteiger partial charge in [0.2, 0.25) is 0 Å². The highest BCUT2D eigenvalue weighted by Gasteiger charge is 2.31. The lowest BCUT2D eigenvalue weighted by atomic mass is 10.1. The van der Waals surface area contributed by atoms with Gasteiger partial charge in [0.15, 0.2) is 0 Å². The lowest BCUT2D eigenvalue weighted by Gasteiger charge is -1.86. The molecule has 0 aliphatic carbocycles. The zero-order valence-corrected chi connectivity index (χ0v) is 6.38. The highest BCUT2D eigenvalue weighted by atomic mass is 16.6. The molecule has 1 fully saturated rings. The minimum absolute atomic E-state index is 0.359. The first-order valence-electron chi connectivity index (χ1n) is 3.30. The van der Waals surface area contributed by atoms with Gasteiger partial charge < -0.3 is 4.74 Å². The molecule has 0 aromatic carbocycles. The number of allylic oxidation sites excluding steroid dienone is 2. The largest absolute Gasteiger partial charge is 0.386 e. The summed E-state index contributed by atoms with van der Waals surface area (Å²) < 4.78 is 4.35. The lowest BCUT2D eigenvalue weighted by Crippen LogP contribution is -1.96. The molecule has 11 heavy (non-hydrogen) atoms. The fourth-order valence-corrected chi connectivity index (χ4v) is 0.961. The first kappa shape index (κ1) is 7.72. The first-order valence-corrected chi connectivity index (χ1v) is 3.30. The highest BCUT2D eigenvalue weighted by Crippen LogP contribution is 2.20. The van der Waals surface area contributed by atoms with Gasteiger partial charge in [0.1, 0.15) is 0 Å². The van der Waals surface area contributed by atoms with Gasteiger partial charge in [-0.05, 0) is 13.8 Å². The maximum absolute atomic E-state index is 10.8. The first-order chi connectivity index (χ1) is 5.20. The van der Waals surface area contributed by atoms with Crippen LogP contribution in [0.1, 0.15) is 13.8 Å². The molecule has 0 aromatic heterocycles. The molecule has 0 amide bonds. The van der Waals surface area contributed by atoms with E-state index in [9.17, 15) is 9.59 Å². The van der Waals surface area contributed by atoms with E-state index in [0.717, 1.165) is 0 Å². The Labute approximate surface area is 64.3 Å². The van der Waals surface area contributed by atoms with Crippen molar-refractivity contribution >= 4 is 11.9 Å². The topological polar surface area (TPSA) is 43.4 Å². The van der Waals surface area contributed by atoms with E-state index in [-0.39, 0.29) is 0 Å². The molecule has 0 atom stereocenters. The number of carbonyl (C=O) groups excluding carboxylic acids is 2. The van der Waals surface area contributed by atoms with Crippen molar-refractivity contribution in [3.8, 4) is 0 Å². The summed E-state index contributed by atoms with van der Waals surface area (Å²) in [4.78, 5) is 21.7. The summed E-state index contributed by atoms with van der Waals surface area (Å²) in [5, 5.41) is 0. The summed E-state index contributed by atoms with van der Waals surface area (Å²) in [6, 6.07) is 0. The molecule has 3 heteroatoms. The van der Waals surface area contributed by atoms with E-state index in [1.54, 1.807) is 26.0 Å². The van der Waals surface area contributed by atoms with Crippen LogP contribution in [0.2, 0.25) is 0 Å². The van der Waals surface area contributed by atoms with Crippen molar-refractivity contribution in [2.45, 2.75) is 13.8 Å². The van der Waals surface area contributed by atoms with E-state index < -0.39 is 11.9 Å². The Bertz CT molecular complexity index is 243. The normalized spacial score (nSPS) is 24.9. The van der Waals surface area contributed by atoms with Gasteiger partial charge in [0, 0.05) is 0 Å². The predicted octanol–water partition coefficient (Wildman–Crippen LogP) is 0.962. The van der Waals surface area contributed by atoms with Crippen molar-refractivity contribution in [2.24, 2.45) is 0 Å². The highest BCUT2D eigenvalue weighted by molar-refractivity contribution is 6.17. The van der Waals surface area contributed by atoms with Crippen molar-refractivity contribution < 1.29 is 14.3 Å². The van der Waals surface area contributed by atoms with Gasteiger partial charge in [0.05, 0.1) is 11.1 Å². The summed E-state index contributed by atoms with van der Waals surface area (Å²) in [6.07, 6.45) is 3.14. The van der Waals surface area contributed by atoms with E-state index in [4.69, 9.17) is 0 Å². The predicted molar refractivity (Wildman–Crippen MR) is 38.6 cm³/mol. The summed E-state index contributed by atoms with van der Waals surface area (Å²) in [5.74, 6) is -1.10. The number of hydrogen-bond donors (Lipinski definition) is 0. The Hall–Kier alpha value is -1.38. The second-order valence-corrected chi connectivity index (χ2v) is 2.08. The number of esters is 2. The Balaban J connectivity index is 3.14. The number of carbonyl (C=O) groups is 2. The van der Waals surface area contributed by atoms with Crippen LogP contribution in [-0.4, -0.2) is 11.9 Å². The molecule has 0 aromatic rings. The minimum Gasteiger partial charge on any atom is -0.386 e. The summed E-state index contributed by atoms with van der Waals surface area (Å²) in [6.45, 7) is 3.39. The Morgan fingerprint density at radius 3 is 1.64 bits per heavy atom. The Kier molecular flexibility index (Phi) is 1.89. The van der Waals surface area contributed by atoms with Gasteiger partial charge in [-0.1, -0.05) is 12.2 Å². The minimum atomic E-state index is -0.550. The number of hydrogen-bond acceptors (Lipinski definition) is 3. The second-order valence-electron chi connectivity index (χ2n) is 2.08. The van der Waals surface area contributed by atoms with Crippen LogP contribution in [0.15, 0.2) is 23.3 Å². The van der Waals surface area contributed by atoms with Crippen LogP contribution < -0.4 is 0 Å². The second kappa shape index (κ2) is 2.70. The third-order valence-electron chi connectivity index (χ3n) is 1.49. The molecule has 1 heterocycles. The molecule has 0 radical (unpaired) electrons. The third kappa shape index (κ3) is 1.09. The summed E-state index contributed by atoms with van der Waals surface area (Å²) >= 11 is 0. The van der Waals surface area contributed by atoms with Crippen molar-refractivity contribution in [3.63, 3.8) is 0 Å². The lowest BCUT2D eigenvalue weighted by molar-refractivity contribution is -0.149. The molecule has 3 nitrogen and oxygen atoms in total. The van der Waals surface area contributed by atoms with Crippen LogP contribution >= 0.6 is 0 Å². The van der Waals surface area contributed by atoms with E-state index in [1.165, 1.54) is 0 Å². The smallest absolute Gasteiger partial charge is 0.346 e. The average molecular weight is 152 g/mol. The standard InChI is InChI=1S/C8H8O3/c1-3-5-6(4-2)8(10)11-7(5)9/h3-4H,1-2H3/b5-3+,6-4+. The van der Waals surface area contributed by atoms with Gasteiger partial charge in [0.25, 0.3) is 0 Å². The van der Waals surface area contributed by atoms with Crippen LogP contribution in [0.5, 0.6) is 0 Å². The SMILES string of the molecule is C/C=C1/C(=O)OC(=O)/C1=C/C. The van der Waals surface area contributed by atoms with Gasteiger partial charge >= 0.3 is 11.9 Å². The molecule has 0 unspecified atom stereocenters. The van der Waals surface area contributed by atoms with E-state index in [0.29, 0.717) is 11.1 Å². The van der Waals surface area contributed by atoms with Crippen LogP contribution in [0.25, 0.3) is 0 Å². The molecule has 58 valence electrons. The van der Waals surface area contributed by atoms with Crippen molar-refractivity contribution in [2.75, 3.05) is 0 Å². The maximum atomic E-state index is 10.8. The fraction of sp³-hybridized carbons (Fsp3) is 0.250. The summed E-state index contributed by atoms with van der Waals surface area (Å²) in [5.41, 5.74) is 0.718. The van der Waals surface area contributed by atoms with Crippen molar-refractivity contribution in [1.82, 2.24) is 0 Å². The average Bonchev–Trinajstić information content (AvgIpc) is 2.24. The van der Waals surface area contributed by atoms with Gasteiger partial charge in [-0.3, -0.25) is 0 Å².